The molecule has 8 N–H and O–H groups in total. The van der Waals surface area contributed by atoms with Gasteiger partial charge >= 0.3 is 12.1 Å². The van der Waals surface area contributed by atoms with E-state index in [1.54, 1.807) is 0 Å². The number of phenols is 2. The van der Waals surface area contributed by atoms with Crippen molar-refractivity contribution in [2.24, 2.45) is 0 Å². The smallest absolute Gasteiger partial charge is 0.314 e. The van der Waals surface area contributed by atoms with Crippen molar-refractivity contribution in [1.82, 2.24) is 21.3 Å². The van der Waals surface area contributed by atoms with Crippen LogP contribution in [0.25, 0.3) is 0 Å². The molecule has 0 aliphatic rings. The van der Waals surface area contributed by atoms with E-state index in [0.29, 0.717) is 56.1 Å². The summed E-state index contributed by atoms with van der Waals surface area (Å²) in [5, 5.41) is 50.6. The molecule has 0 saturated carbocycles. The van der Waals surface area contributed by atoms with Gasteiger partial charge in [0.15, 0.2) is 0 Å². The van der Waals surface area contributed by atoms with Crippen LogP contribution in [-0.2, 0) is 38.8 Å². The standard InChI is InChI=1S/C27H40N4O6/c1-28-26(36)30-16-22-14-18(6-4-10-32)12-20(24(22)34)8-3-9-21-13-19(7-5-11-33)15-23(25(21)35)17-31-27(37)29-2/h12-15,32-35H,3-11,16-17H2,1-2H3,(H2,28,30,36)(H2,29,31,37). The molecule has 0 unspecified atom stereocenters. The number of aliphatic hydroxyl groups excluding tert-OH is 2. The molecule has 4 amide bonds. The van der Waals surface area contributed by atoms with Crippen molar-refractivity contribution in [2.75, 3.05) is 27.3 Å². The number of nitrogens with one attached hydrogen (secondary N) is 4. The summed E-state index contributed by atoms with van der Waals surface area (Å²) in [4.78, 5) is 23.2. The van der Waals surface area contributed by atoms with E-state index < -0.39 is 0 Å². The van der Waals surface area contributed by atoms with Crippen LogP contribution in [0.3, 0.4) is 0 Å². The van der Waals surface area contributed by atoms with Crippen LogP contribution in [0.15, 0.2) is 24.3 Å². The summed E-state index contributed by atoms with van der Waals surface area (Å²) in [6.45, 7) is 0.456. The molecule has 0 saturated heterocycles. The maximum Gasteiger partial charge on any atom is 0.314 e. The SMILES string of the molecule is CNC(=O)NCc1cc(CCCO)cc(CCCc2cc(CCCO)cc(CNC(=O)NC)c2O)c1O. The Labute approximate surface area is 218 Å². The Balaban J connectivity index is 2.22. The molecular weight excluding hydrogens is 476 g/mol. The maximum atomic E-state index is 11.6. The summed E-state index contributed by atoms with van der Waals surface area (Å²) in [7, 11) is 3.04. The van der Waals surface area contributed by atoms with Gasteiger partial charge in [-0.1, -0.05) is 24.3 Å². The van der Waals surface area contributed by atoms with Gasteiger partial charge < -0.3 is 41.7 Å². The molecule has 0 radical (unpaired) electrons. The topological polar surface area (TPSA) is 163 Å². The number of benzene rings is 2. The van der Waals surface area contributed by atoms with Gasteiger partial charge in [-0.15, -0.1) is 0 Å². The monoisotopic (exact) mass is 516 g/mol. The number of aliphatic hydroxyl groups is 2. The van der Waals surface area contributed by atoms with Crippen molar-refractivity contribution < 1.29 is 30.0 Å². The minimum absolute atomic E-state index is 0.0606. The van der Waals surface area contributed by atoms with Crippen LogP contribution in [0.5, 0.6) is 11.5 Å². The summed E-state index contributed by atoms with van der Waals surface area (Å²) < 4.78 is 0. The summed E-state index contributed by atoms with van der Waals surface area (Å²) in [6, 6.07) is 6.83. The number of amides is 4. The van der Waals surface area contributed by atoms with Gasteiger partial charge in [0.2, 0.25) is 0 Å². The van der Waals surface area contributed by atoms with Crippen molar-refractivity contribution in [2.45, 2.75) is 58.0 Å². The van der Waals surface area contributed by atoms with Gasteiger partial charge in [0.05, 0.1) is 0 Å². The third-order valence-electron chi connectivity index (χ3n) is 6.13. The Bertz CT molecular complexity index is 963. The zero-order chi connectivity index (χ0) is 27.2. The van der Waals surface area contributed by atoms with E-state index in [0.717, 1.165) is 22.3 Å². The molecule has 0 aliphatic heterocycles. The molecule has 0 bridgehead atoms. The van der Waals surface area contributed by atoms with E-state index in [9.17, 15) is 30.0 Å². The average Bonchev–Trinajstić information content (AvgIpc) is 2.91. The van der Waals surface area contributed by atoms with Crippen LogP contribution >= 0.6 is 0 Å². The molecule has 2 rings (SSSR count). The number of carbonyl (C=O) groups excluding carboxylic acids is 2. The summed E-state index contributed by atoms with van der Waals surface area (Å²) in [5.41, 5.74) is 4.61. The molecule has 0 aliphatic carbocycles. The first kappa shape index (κ1) is 29.7. The maximum absolute atomic E-state index is 11.6. The summed E-state index contributed by atoms with van der Waals surface area (Å²) in [6.07, 6.45) is 4.19. The summed E-state index contributed by atoms with van der Waals surface area (Å²) in [5.74, 6) is 0.251. The molecule has 0 atom stereocenters. The lowest BCUT2D eigenvalue weighted by atomic mass is 9.94. The molecule has 2 aromatic carbocycles. The second-order valence-corrected chi connectivity index (χ2v) is 8.90. The molecular formula is C27H40N4O6. The fraction of sp³-hybridized carbons (Fsp3) is 0.481. The van der Waals surface area contributed by atoms with E-state index >= 15 is 0 Å². The number of rotatable bonds is 14. The van der Waals surface area contributed by atoms with E-state index in [1.807, 2.05) is 24.3 Å². The van der Waals surface area contributed by atoms with E-state index in [4.69, 9.17) is 0 Å². The Morgan fingerprint density at radius 2 is 1.00 bits per heavy atom. The first-order valence-electron chi connectivity index (χ1n) is 12.6. The minimum atomic E-state index is -0.347. The van der Waals surface area contributed by atoms with Crippen LogP contribution in [0, 0.1) is 0 Å². The lowest BCUT2D eigenvalue weighted by Gasteiger charge is -2.16. The van der Waals surface area contributed by atoms with Crippen LogP contribution in [0.1, 0.15) is 52.6 Å². The number of hydrogen-bond acceptors (Lipinski definition) is 6. The van der Waals surface area contributed by atoms with Gasteiger partial charge in [-0.25, -0.2) is 9.59 Å². The van der Waals surface area contributed by atoms with E-state index in [2.05, 4.69) is 21.3 Å². The van der Waals surface area contributed by atoms with Gasteiger partial charge in [-0.3, -0.25) is 0 Å². The molecule has 2 aromatic rings. The molecule has 0 heterocycles. The number of phenolic OH excluding ortho intramolecular Hbond substituents is 2. The van der Waals surface area contributed by atoms with E-state index in [-0.39, 0.29) is 49.9 Å². The highest BCUT2D eigenvalue weighted by molar-refractivity contribution is 5.74. The largest absolute Gasteiger partial charge is 0.507 e. The molecule has 10 heteroatoms. The number of carbonyl (C=O) groups is 2. The fourth-order valence-corrected chi connectivity index (χ4v) is 4.17. The molecule has 204 valence electrons. The first-order chi connectivity index (χ1) is 17.8. The highest BCUT2D eigenvalue weighted by Crippen LogP contribution is 2.30. The normalized spacial score (nSPS) is 10.7. The van der Waals surface area contributed by atoms with Crippen molar-refractivity contribution in [3.63, 3.8) is 0 Å². The Hall–Kier alpha value is -3.50. The Morgan fingerprint density at radius 3 is 1.35 bits per heavy atom. The fourth-order valence-electron chi connectivity index (χ4n) is 4.17. The van der Waals surface area contributed by atoms with Gasteiger partial charge in [0.1, 0.15) is 11.5 Å². The van der Waals surface area contributed by atoms with Crippen LogP contribution in [-0.4, -0.2) is 59.8 Å². The molecule has 0 fully saturated rings. The lowest BCUT2D eigenvalue weighted by molar-refractivity contribution is 0.241. The van der Waals surface area contributed by atoms with Crippen LogP contribution < -0.4 is 21.3 Å². The number of aromatic hydroxyl groups is 2. The summed E-state index contributed by atoms with van der Waals surface area (Å²) >= 11 is 0. The van der Waals surface area contributed by atoms with Crippen molar-refractivity contribution in [3.05, 3.63) is 57.6 Å². The van der Waals surface area contributed by atoms with Gasteiger partial charge in [0, 0.05) is 51.5 Å². The Morgan fingerprint density at radius 1 is 0.622 bits per heavy atom. The van der Waals surface area contributed by atoms with Crippen LogP contribution in [0.4, 0.5) is 9.59 Å². The average molecular weight is 517 g/mol. The number of aryl methyl sites for hydroxylation is 4. The third kappa shape index (κ3) is 9.47. The Kier molecular flexibility index (Phi) is 12.5. The van der Waals surface area contributed by atoms with Crippen LogP contribution in [0.2, 0.25) is 0 Å². The molecule has 0 aromatic heterocycles. The predicted octanol–water partition coefficient (Wildman–Crippen LogP) is 1.98. The van der Waals surface area contributed by atoms with E-state index in [1.165, 1.54) is 14.1 Å². The minimum Gasteiger partial charge on any atom is -0.507 e. The number of urea groups is 2. The zero-order valence-electron chi connectivity index (χ0n) is 21.7. The van der Waals surface area contributed by atoms with Gasteiger partial charge in [-0.2, -0.15) is 0 Å². The highest BCUT2D eigenvalue weighted by atomic mass is 16.3. The van der Waals surface area contributed by atoms with Crippen molar-refractivity contribution in [1.29, 1.82) is 0 Å². The molecule has 0 spiro atoms. The zero-order valence-corrected chi connectivity index (χ0v) is 21.7. The van der Waals surface area contributed by atoms with Gasteiger partial charge in [-0.05, 0) is 67.2 Å². The second kappa shape index (κ2) is 15.6. The first-order valence-corrected chi connectivity index (χ1v) is 12.6. The predicted molar refractivity (Wildman–Crippen MR) is 142 cm³/mol. The number of hydrogen-bond donors (Lipinski definition) is 8. The quantitative estimate of drug-likeness (QED) is 0.191. The van der Waals surface area contributed by atoms with Crippen molar-refractivity contribution >= 4 is 12.1 Å². The van der Waals surface area contributed by atoms with Crippen molar-refractivity contribution in [3.8, 4) is 11.5 Å². The molecule has 37 heavy (non-hydrogen) atoms. The molecule has 10 nitrogen and oxygen atoms in total. The lowest BCUT2D eigenvalue weighted by Crippen LogP contribution is -2.32. The van der Waals surface area contributed by atoms with Gasteiger partial charge in [0.25, 0.3) is 0 Å². The third-order valence-corrected chi connectivity index (χ3v) is 6.13. The highest BCUT2D eigenvalue weighted by Gasteiger charge is 2.14. The second-order valence-electron chi connectivity index (χ2n) is 8.90.